The lowest BCUT2D eigenvalue weighted by Crippen LogP contribution is -2.43. The van der Waals surface area contributed by atoms with Gasteiger partial charge in [-0.3, -0.25) is 9.59 Å². The monoisotopic (exact) mass is 332 g/mol. The number of aromatic nitrogens is 2. The van der Waals surface area contributed by atoms with E-state index in [0.29, 0.717) is 16.1 Å². The number of nitrogens with zero attached hydrogens (tertiary/aromatic N) is 2. The number of carbonyl (C=O) groups is 1. The molecule has 1 amide bonds. The summed E-state index contributed by atoms with van der Waals surface area (Å²) in [6.45, 7) is 2.02. The molecular formula is C16H20N4O2S. The van der Waals surface area contributed by atoms with E-state index >= 15 is 0 Å². The summed E-state index contributed by atoms with van der Waals surface area (Å²) in [6.07, 6.45) is 1.97. The Bertz CT molecular complexity index is 753. The van der Waals surface area contributed by atoms with Crippen LogP contribution in [0.25, 0.3) is 10.9 Å². The molecule has 0 bridgehead atoms. The molecule has 1 fully saturated rings. The summed E-state index contributed by atoms with van der Waals surface area (Å²) in [5.41, 5.74) is 0.475. The van der Waals surface area contributed by atoms with Gasteiger partial charge in [-0.1, -0.05) is 23.9 Å². The van der Waals surface area contributed by atoms with Crippen molar-refractivity contribution in [2.75, 3.05) is 25.9 Å². The third-order valence-corrected chi connectivity index (χ3v) is 4.89. The number of hydrogen-bond donors (Lipinski definition) is 2. The number of likely N-dealkylation sites (tertiary alicyclic amines) is 1. The maximum atomic E-state index is 12.0. The second kappa shape index (κ2) is 7.14. The van der Waals surface area contributed by atoms with Crippen molar-refractivity contribution in [1.82, 2.24) is 20.2 Å². The van der Waals surface area contributed by atoms with Gasteiger partial charge in [0.1, 0.15) is 0 Å². The number of piperidine rings is 1. The van der Waals surface area contributed by atoms with Crippen LogP contribution in [0.3, 0.4) is 0 Å². The van der Waals surface area contributed by atoms with Crippen LogP contribution in [-0.2, 0) is 4.79 Å². The van der Waals surface area contributed by atoms with Gasteiger partial charge >= 0.3 is 0 Å². The number of benzene rings is 1. The Morgan fingerprint density at radius 2 is 2.13 bits per heavy atom. The molecule has 1 saturated heterocycles. The van der Waals surface area contributed by atoms with Gasteiger partial charge < -0.3 is 15.2 Å². The van der Waals surface area contributed by atoms with E-state index in [-0.39, 0.29) is 23.3 Å². The highest BCUT2D eigenvalue weighted by Gasteiger charge is 2.18. The third-order valence-electron chi connectivity index (χ3n) is 4.01. The number of hydrogen-bond acceptors (Lipinski definition) is 5. The third kappa shape index (κ3) is 4.11. The first kappa shape index (κ1) is 16.0. The van der Waals surface area contributed by atoms with Crippen LogP contribution in [-0.4, -0.2) is 52.7 Å². The van der Waals surface area contributed by atoms with Gasteiger partial charge in [-0.05, 0) is 45.1 Å². The van der Waals surface area contributed by atoms with Crippen molar-refractivity contribution in [3.8, 4) is 0 Å². The number of aromatic amines is 1. The quantitative estimate of drug-likeness (QED) is 0.650. The van der Waals surface area contributed by atoms with Gasteiger partial charge in [-0.2, -0.15) is 0 Å². The van der Waals surface area contributed by atoms with Crippen LogP contribution in [0.1, 0.15) is 12.8 Å². The van der Waals surface area contributed by atoms with Crippen LogP contribution in [0.15, 0.2) is 34.2 Å². The van der Waals surface area contributed by atoms with Gasteiger partial charge in [0.05, 0.1) is 16.7 Å². The second-order valence-electron chi connectivity index (χ2n) is 5.82. The molecule has 2 aromatic rings. The minimum Gasteiger partial charge on any atom is -0.353 e. The van der Waals surface area contributed by atoms with E-state index in [1.165, 1.54) is 11.8 Å². The number of rotatable bonds is 4. The fourth-order valence-corrected chi connectivity index (χ4v) is 3.37. The van der Waals surface area contributed by atoms with Crippen molar-refractivity contribution in [3.05, 3.63) is 34.6 Å². The molecule has 1 aromatic carbocycles. The van der Waals surface area contributed by atoms with Crippen molar-refractivity contribution in [2.45, 2.75) is 24.0 Å². The molecule has 3 rings (SSSR count). The molecular weight excluding hydrogens is 312 g/mol. The number of carbonyl (C=O) groups excluding carboxylic acids is 1. The average molecular weight is 332 g/mol. The smallest absolute Gasteiger partial charge is 0.259 e. The Morgan fingerprint density at radius 1 is 1.39 bits per heavy atom. The van der Waals surface area contributed by atoms with Crippen molar-refractivity contribution in [1.29, 1.82) is 0 Å². The lowest BCUT2D eigenvalue weighted by atomic mass is 10.1. The number of nitrogens with one attached hydrogen (secondary N) is 2. The standard InChI is InChI=1S/C16H20N4O2S/c1-20-8-6-11(7-9-20)17-14(21)10-23-16-18-13-5-3-2-4-12(13)15(22)19-16/h2-5,11H,6-10H2,1H3,(H,17,21)(H,18,19,22). The molecule has 0 spiro atoms. The van der Waals surface area contributed by atoms with E-state index in [2.05, 4.69) is 27.2 Å². The van der Waals surface area contributed by atoms with Crippen LogP contribution in [0, 0.1) is 0 Å². The predicted molar refractivity (Wildman–Crippen MR) is 91.7 cm³/mol. The van der Waals surface area contributed by atoms with E-state index in [9.17, 15) is 9.59 Å². The van der Waals surface area contributed by atoms with E-state index in [1.54, 1.807) is 18.2 Å². The molecule has 0 radical (unpaired) electrons. The summed E-state index contributed by atoms with van der Waals surface area (Å²) in [6, 6.07) is 7.44. The molecule has 7 heteroatoms. The maximum Gasteiger partial charge on any atom is 0.259 e. The average Bonchev–Trinajstić information content (AvgIpc) is 2.55. The Kier molecular flexibility index (Phi) is 4.97. The summed E-state index contributed by atoms with van der Waals surface area (Å²) < 4.78 is 0. The van der Waals surface area contributed by atoms with Gasteiger partial charge in [0.15, 0.2) is 5.16 Å². The van der Waals surface area contributed by atoms with Crippen molar-refractivity contribution >= 4 is 28.6 Å². The first-order valence-corrected chi connectivity index (χ1v) is 8.70. The fourth-order valence-electron chi connectivity index (χ4n) is 2.69. The molecule has 122 valence electrons. The molecule has 1 aliphatic rings. The molecule has 0 atom stereocenters. The van der Waals surface area contributed by atoms with Gasteiger partial charge in [0, 0.05) is 6.04 Å². The van der Waals surface area contributed by atoms with E-state index in [0.717, 1.165) is 25.9 Å². The van der Waals surface area contributed by atoms with Crippen LogP contribution in [0.5, 0.6) is 0 Å². The number of amides is 1. The first-order valence-electron chi connectivity index (χ1n) is 7.71. The molecule has 0 unspecified atom stereocenters. The predicted octanol–water partition coefficient (Wildman–Crippen LogP) is 1.23. The zero-order chi connectivity index (χ0) is 16.2. The Morgan fingerprint density at radius 3 is 2.91 bits per heavy atom. The number of thioether (sulfide) groups is 1. The number of H-pyrrole nitrogens is 1. The first-order chi connectivity index (χ1) is 11.1. The van der Waals surface area contributed by atoms with Crippen molar-refractivity contribution in [3.63, 3.8) is 0 Å². The van der Waals surface area contributed by atoms with Crippen LogP contribution < -0.4 is 10.9 Å². The maximum absolute atomic E-state index is 12.0. The second-order valence-corrected chi connectivity index (χ2v) is 6.79. The van der Waals surface area contributed by atoms with E-state index in [1.807, 2.05) is 6.07 Å². The summed E-state index contributed by atoms with van der Waals surface area (Å²) in [5.74, 6) is 0.244. The Labute approximate surface area is 138 Å². The van der Waals surface area contributed by atoms with Gasteiger partial charge in [0.25, 0.3) is 5.56 Å². The zero-order valence-electron chi connectivity index (χ0n) is 13.0. The lowest BCUT2D eigenvalue weighted by Gasteiger charge is -2.29. The zero-order valence-corrected chi connectivity index (χ0v) is 13.9. The molecule has 6 nitrogen and oxygen atoms in total. The SMILES string of the molecule is CN1CCC(NC(=O)CSc2nc3ccccc3c(=O)[nH]2)CC1. The highest BCUT2D eigenvalue weighted by Crippen LogP contribution is 2.15. The van der Waals surface area contributed by atoms with Gasteiger partial charge in [-0.15, -0.1) is 0 Å². The van der Waals surface area contributed by atoms with Crippen LogP contribution in [0.4, 0.5) is 0 Å². The summed E-state index contributed by atoms with van der Waals surface area (Å²) in [5, 5.41) is 4.10. The highest BCUT2D eigenvalue weighted by atomic mass is 32.2. The minimum atomic E-state index is -0.172. The largest absolute Gasteiger partial charge is 0.353 e. The Hall–Kier alpha value is -1.86. The Balaban J connectivity index is 1.57. The molecule has 0 saturated carbocycles. The van der Waals surface area contributed by atoms with E-state index in [4.69, 9.17) is 0 Å². The molecule has 1 aliphatic heterocycles. The van der Waals surface area contributed by atoms with Crippen molar-refractivity contribution < 1.29 is 4.79 Å². The van der Waals surface area contributed by atoms with Gasteiger partial charge in [-0.25, -0.2) is 4.98 Å². The highest BCUT2D eigenvalue weighted by molar-refractivity contribution is 7.99. The summed E-state index contributed by atoms with van der Waals surface area (Å²) in [7, 11) is 2.09. The molecule has 2 heterocycles. The molecule has 0 aliphatic carbocycles. The van der Waals surface area contributed by atoms with Crippen molar-refractivity contribution in [2.24, 2.45) is 0 Å². The van der Waals surface area contributed by atoms with Crippen LogP contribution in [0.2, 0.25) is 0 Å². The number of fused-ring (bicyclic) bond motifs is 1. The fraction of sp³-hybridized carbons (Fsp3) is 0.438. The lowest BCUT2D eigenvalue weighted by molar-refractivity contribution is -0.119. The summed E-state index contributed by atoms with van der Waals surface area (Å²) >= 11 is 1.26. The summed E-state index contributed by atoms with van der Waals surface area (Å²) in [4.78, 5) is 33.4. The molecule has 23 heavy (non-hydrogen) atoms. The molecule has 2 N–H and O–H groups in total. The number of para-hydroxylation sites is 1. The minimum absolute atomic E-state index is 0.0136. The topological polar surface area (TPSA) is 78.1 Å². The van der Waals surface area contributed by atoms with Gasteiger partial charge in [0.2, 0.25) is 5.91 Å². The molecule has 1 aromatic heterocycles. The van der Waals surface area contributed by atoms with E-state index < -0.39 is 0 Å². The van der Waals surface area contributed by atoms with Crippen LogP contribution >= 0.6 is 11.8 Å². The normalized spacial score (nSPS) is 16.6.